The molecule has 0 spiro atoms. The molecule has 1 aliphatic rings. The summed E-state index contributed by atoms with van der Waals surface area (Å²) in [6.45, 7) is 1.87. The summed E-state index contributed by atoms with van der Waals surface area (Å²) in [7, 11) is 1.70. The van der Waals surface area contributed by atoms with Gasteiger partial charge in [0, 0.05) is 19.6 Å². The summed E-state index contributed by atoms with van der Waals surface area (Å²) >= 11 is 0. The molecule has 3 N–H and O–H groups in total. The Balaban J connectivity index is 1.78. The van der Waals surface area contributed by atoms with Crippen molar-refractivity contribution in [3.05, 3.63) is 24.2 Å². The lowest BCUT2D eigenvalue weighted by Gasteiger charge is -2.26. The van der Waals surface area contributed by atoms with E-state index >= 15 is 0 Å². The molecule has 0 unspecified atom stereocenters. The molecule has 23 heavy (non-hydrogen) atoms. The molecule has 0 saturated heterocycles. The number of amides is 2. The van der Waals surface area contributed by atoms with Gasteiger partial charge in [-0.05, 0) is 31.9 Å². The van der Waals surface area contributed by atoms with Crippen molar-refractivity contribution in [2.45, 2.75) is 69.7 Å². The average Bonchev–Trinajstić information content (AvgIpc) is 2.95. The molecule has 1 aromatic heterocycles. The van der Waals surface area contributed by atoms with Crippen molar-refractivity contribution < 1.29 is 19.1 Å². The third-order valence-corrected chi connectivity index (χ3v) is 4.40. The number of hydrogen-bond donors (Lipinski definition) is 3. The number of nitrogens with one attached hydrogen (secondary N) is 2. The van der Waals surface area contributed by atoms with Crippen LogP contribution in [0, 0.1) is 0 Å². The van der Waals surface area contributed by atoms with Crippen LogP contribution in [0.15, 0.2) is 22.8 Å². The summed E-state index contributed by atoms with van der Waals surface area (Å²) < 4.78 is 10.7. The Labute approximate surface area is 137 Å². The number of furan rings is 1. The normalized spacial score (nSPS) is 24.5. The third-order valence-electron chi connectivity index (χ3n) is 4.40. The third kappa shape index (κ3) is 5.55. The van der Waals surface area contributed by atoms with Crippen LogP contribution in [0.5, 0.6) is 0 Å². The molecule has 6 heteroatoms. The van der Waals surface area contributed by atoms with Crippen molar-refractivity contribution in [3.63, 3.8) is 0 Å². The van der Waals surface area contributed by atoms with Crippen molar-refractivity contribution in [2.75, 3.05) is 7.11 Å². The highest BCUT2D eigenvalue weighted by Gasteiger charge is 2.25. The highest BCUT2D eigenvalue weighted by Crippen LogP contribution is 2.21. The highest BCUT2D eigenvalue weighted by atomic mass is 16.5. The predicted molar refractivity (Wildman–Crippen MR) is 87.1 cm³/mol. The zero-order valence-corrected chi connectivity index (χ0v) is 14.0. The Hall–Kier alpha value is -1.53. The van der Waals surface area contributed by atoms with E-state index < -0.39 is 6.10 Å². The first-order valence-corrected chi connectivity index (χ1v) is 8.41. The molecule has 2 amide bonds. The summed E-state index contributed by atoms with van der Waals surface area (Å²) in [6.07, 6.45) is 6.65. The van der Waals surface area contributed by atoms with Gasteiger partial charge in [-0.25, -0.2) is 4.79 Å². The molecule has 1 aromatic rings. The summed E-state index contributed by atoms with van der Waals surface area (Å²) in [5.74, 6) is 0.516. The summed E-state index contributed by atoms with van der Waals surface area (Å²) in [5.41, 5.74) is 0. The summed E-state index contributed by atoms with van der Waals surface area (Å²) in [5, 5.41) is 15.9. The van der Waals surface area contributed by atoms with Crippen LogP contribution in [0.4, 0.5) is 4.79 Å². The zero-order chi connectivity index (χ0) is 16.7. The van der Waals surface area contributed by atoms with Gasteiger partial charge in [-0.3, -0.25) is 0 Å². The monoisotopic (exact) mass is 324 g/mol. The van der Waals surface area contributed by atoms with Gasteiger partial charge in [-0.1, -0.05) is 19.3 Å². The predicted octanol–water partition coefficient (Wildman–Crippen LogP) is 2.74. The molecule has 1 heterocycles. The van der Waals surface area contributed by atoms with Crippen LogP contribution in [0.2, 0.25) is 0 Å². The van der Waals surface area contributed by atoms with E-state index in [2.05, 4.69) is 10.6 Å². The number of aliphatic hydroxyl groups excluding tert-OH is 1. The minimum absolute atomic E-state index is 0.0460. The van der Waals surface area contributed by atoms with Crippen LogP contribution in [0.25, 0.3) is 0 Å². The second kappa shape index (κ2) is 8.93. The molecular formula is C17H28N2O4. The first kappa shape index (κ1) is 17.8. The number of urea groups is 1. The Bertz CT molecular complexity index is 463. The SMILES string of the molecule is CO[C@@H]1CCCCC[C@@H]1NC(=O)N[C@H](C)C[C@H](O)c1ccco1. The van der Waals surface area contributed by atoms with E-state index in [1.165, 1.54) is 12.7 Å². The van der Waals surface area contributed by atoms with Gasteiger partial charge < -0.3 is 24.9 Å². The molecule has 2 rings (SSSR count). The number of carbonyl (C=O) groups excluding carboxylic acids is 1. The van der Waals surface area contributed by atoms with E-state index in [0.717, 1.165) is 25.7 Å². The van der Waals surface area contributed by atoms with Crippen LogP contribution in [-0.2, 0) is 4.74 Å². The van der Waals surface area contributed by atoms with E-state index in [0.29, 0.717) is 12.2 Å². The molecule has 0 aromatic carbocycles. The smallest absolute Gasteiger partial charge is 0.315 e. The molecule has 1 aliphatic carbocycles. The molecular weight excluding hydrogens is 296 g/mol. The first-order chi connectivity index (χ1) is 11.1. The number of methoxy groups -OCH3 is 1. The zero-order valence-electron chi connectivity index (χ0n) is 14.0. The number of ether oxygens (including phenoxy) is 1. The van der Waals surface area contributed by atoms with E-state index in [9.17, 15) is 9.90 Å². The minimum Gasteiger partial charge on any atom is -0.467 e. The van der Waals surface area contributed by atoms with Crippen molar-refractivity contribution in [2.24, 2.45) is 0 Å². The fraction of sp³-hybridized carbons (Fsp3) is 0.706. The average molecular weight is 324 g/mol. The fourth-order valence-electron chi connectivity index (χ4n) is 3.15. The minimum atomic E-state index is -0.718. The lowest BCUT2D eigenvalue weighted by atomic mass is 10.1. The van der Waals surface area contributed by atoms with Gasteiger partial charge in [-0.15, -0.1) is 0 Å². The maximum Gasteiger partial charge on any atom is 0.315 e. The molecule has 6 nitrogen and oxygen atoms in total. The Morgan fingerprint density at radius 3 is 2.91 bits per heavy atom. The lowest BCUT2D eigenvalue weighted by molar-refractivity contribution is 0.0656. The van der Waals surface area contributed by atoms with Gasteiger partial charge >= 0.3 is 6.03 Å². The standard InChI is InChI=1S/C17H28N2O4/c1-12(11-14(20)16-9-6-10-23-16)18-17(21)19-13-7-4-3-5-8-15(13)22-2/h6,9-10,12-15,20H,3-5,7-8,11H2,1-2H3,(H2,18,19,21)/t12-,13+,14+,15-/m1/s1. The fourth-order valence-corrected chi connectivity index (χ4v) is 3.15. The van der Waals surface area contributed by atoms with Crippen LogP contribution < -0.4 is 10.6 Å². The second-order valence-electron chi connectivity index (χ2n) is 6.30. The highest BCUT2D eigenvalue weighted by molar-refractivity contribution is 5.74. The number of rotatable bonds is 6. The lowest BCUT2D eigenvalue weighted by Crippen LogP contribution is -2.50. The van der Waals surface area contributed by atoms with Crippen molar-refractivity contribution >= 4 is 6.03 Å². The van der Waals surface area contributed by atoms with E-state index in [1.54, 1.807) is 19.2 Å². The van der Waals surface area contributed by atoms with Crippen molar-refractivity contribution in [1.82, 2.24) is 10.6 Å². The molecule has 4 atom stereocenters. The maximum absolute atomic E-state index is 12.2. The van der Waals surface area contributed by atoms with Gasteiger partial charge in [0.2, 0.25) is 0 Å². The van der Waals surface area contributed by atoms with Crippen molar-refractivity contribution in [1.29, 1.82) is 0 Å². The Morgan fingerprint density at radius 1 is 1.43 bits per heavy atom. The summed E-state index contributed by atoms with van der Waals surface area (Å²) in [6, 6.07) is 3.14. The topological polar surface area (TPSA) is 83.7 Å². The first-order valence-electron chi connectivity index (χ1n) is 8.41. The van der Waals surface area contributed by atoms with E-state index in [-0.39, 0.29) is 24.2 Å². The number of carbonyl (C=O) groups is 1. The quantitative estimate of drug-likeness (QED) is 0.703. The molecule has 0 bridgehead atoms. The maximum atomic E-state index is 12.2. The van der Waals surface area contributed by atoms with Crippen LogP contribution in [-0.4, -0.2) is 36.4 Å². The number of hydrogen-bond acceptors (Lipinski definition) is 4. The molecule has 0 aliphatic heterocycles. The van der Waals surface area contributed by atoms with Crippen LogP contribution in [0.1, 0.15) is 57.3 Å². The van der Waals surface area contributed by atoms with Gasteiger partial charge in [0.25, 0.3) is 0 Å². The molecule has 0 radical (unpaired) electrons. The Morgan fingerprint density at radius 2 is 2.22 bits per heavy atom. The molecule has 130 valence electrons. The van der Waals surface area contributed by atoms with Gasteiger partial charge in [0.15, 0.2) is 0 Å². The molecule has 1 fully saturated rings. The van der Waals surface area contributed by atoms with Crippen LogP contribution in [0.3, 0.4) is 0 Å². The largest absolute Gasteiger partial charge is 0.467 e. The van der Waals surface area contributed by atoms with Gasteiger partial charge in [0.05, 0.1) is 18.4 Å². The van der Waals surface area contributed by atoms with Crippen LogP contribution >= 0.6 is 0 Å². The Kier molecular flexibility index (Phi) is 6.92. The van der Waals surface area contributed by atoms with E-state index in [1.807, 2.05) is 6.92 Å². The van der Waals surface area contributed by atoms with Crippen molar-refractivity contribution in [3.8, 4) is 0 Å². The van der Waals surface area contributed by atoms with Gasteiger partial charge in [-0.2, -0.15) is 0 Å². The second-order valence-corrected chi connectivity index (χ2v) is 6.30. The summed E-state index contributed by atoms with van der Waals surface area (Å²) in [4.78, 5) is 12.2. The van der Waals surface area contributed by atoms with Gasteiger partial charge in [0.1, 0.15) is 11.9 Å². The number of aliphatic hydroxyl groups is 1. The van der Waals surface area contributed by atoms with E-state index in [4.69, 9.17) is 9.15 Å². The molecule has 1 saturated carbocycles.